The van der Waals surface area contributed by atoms with Crippen LogP contribution >= 0.6 is 31.9 Å². The summed E-state index contributed by atoms with van der Waals surface area (Å²) in [5.74, 6) is 1.06. The van der Waals surface area contributed by atoms with E-state index in [0.29, 0.717) is 0 Å². The molecule has 2 aromatic rings. The Bertz CT molecular complexity index is 548. The highest BCUT2D eigenvalue weighted by Gasteiger charge is 2.15. The predicted octanol–water partition coefficient (Wildman–Crippen LogP) is 5.02. The fourth-order valence-corrected chi connectivity index (χ4v) is 3.43. The zero-order valence-electron chi connectivity index (χ0n) is 10.6. The van der Waals surface area contributed by atoms with Gasteiger partial charge in [0.2, 0.25) is 0 Å². The Labute approximate surface area is 124 Å². The predicted molar refractivity (Wildman–Crippen MR) is 83.0 cm³/mol. The molecule has 0 unspecified atom stereocenters. The third-order valence-corrected chi connectivity index (χ3v) is 3.98. The molecule has 0 aliphatic heterocycles. The zero-order chi connectivity index (χ0) is 13.1. The molecule has 0 aliphatic carbocycles. The highest BCUT2D eigenvalue weighted by Crippen LogP contribution is 2.35. The molecule has 98 valence electrons. The van der Waals surface area contributed by atoms with Crippen molar-refractivity contribution in [2.24, 2.45) is 0 Å². The number of rotatable bonds is 5. The molecule has 0 spiro atoms. The lowest BCUT2D eigenvalue weighted by Crippen LogP contribution is -2.12. The van der Waals surface area contributed by atoms with Crippen LogP contribution in [0.25, 0.3) is 11.0 Å². The minimum atomic E-state index is 0.796. The van der Waals surface area contributed by atoms with Gasteiger partial charge in [-0.2, -0.15) is 0 Å². The van der Waals surface area contributed by atoms with Crippen LogP contribution in [0.4, 0.5) is 0 Å². The van der Waals surface area contributed by atoms with E-state index < -0.39 is 0 Å². The van der Waals surface area contributed by atoms with Crippen molar-refractivity contribution in [1.29, 1.82) is 0 Å². The van der Waals surface area contributed by atoms with Crippen molar-refractivity contribution >= 4 is 42.8 Å². The molecule has 1 N–H and O–H groups in total. The Morgan fingerprint density at radius 3 is 2.67 bits per heavy atom. The van der Waals surface area contributed by atoms with Gasteiger partial charge in [-0.15, -0.1) is 0 Å². The molecule has 0 saturated carbocycles. The molecule has 0 amide bonds. The van der Waals surface area contributed by atoms with E-state index in [1.807, 2.05) is 6.07 Å². The number of aryl methyl sites for hydroxylation is 1. The smallest absolute Gasteiger partial charge is 0.148 e. The van der Waals surface area contributed by atoms with Crippen LogP contribution in [0.3, 0.4) is 0 Å². The zero-order valence-corrected chi connectivity index (χ0v) is 13.8. The Morgan fingerprint density at radius 1 is 1.22 bits per heavy atom. The van der Waals surface area contributed by atoms with E-state index in [4.69, 9.17) is 4.42 Å². The third kappa shape index (κ3) is 2.81. The second kappa shape index (κ2) is 6.22. The van der Waals surface area contributed by atoms with Crippen molar-refractivity contribution in [2.45, 2.75) is 33.2 Å². The average molecular weight is 375 g/mol. The molecule has 0 aliphatic rings. The van der Waals surface area contributed by atoms with E-state index in [-0.39, 0.29) is 0 Å². The minimum absolute atomic E-state index is 0.796. The Morgan fingerprint density at radius 2 is 2.00 bits per heavy atom. The lowest BCUT2D eigenvalue weighted by atomic mass is 10.1. The van der Waals surface area contributed by atoms with Crippen LogP contribution in [0.1, 0.15) is 31.6 Å². The summed E-state index contributed by atoms with van der Waals surface area (Å²) in [5.41, 5.74) is 2.28. The molecule has 0 radical (unpaired) electrons. The van der Waals surface area contributed by atoms with Crippen LogP contribution in [0, 0.1) is 0 Å². The molecule has 0 fully saturated rings. The lowest BCUT2D eigenvalue weighted by molar-refractivity contribution is 0.512. The number of hydrogen-bond acceptors (Lipinski definition) is 2. The molecule has 2 rings (SSSR count). The van der Waals surface area contributed by atoms with Crippen LogP contribution in [0.5, 0.6) is 0 Å². The van der Waals surface area contributed by atoms with Crippen LogP contribution in [0.2, 0.25) is 0 Å². The summed E-state index contributed by atoms with van der Waals surface area (Å²) in [7, 11) is 0. The SMILES string of the molecule is CCCc1c(CNCC)oc2c(Br)cc(Br)cc12. The lowest BCUT2D eigenvalue weighted by Gasteiger charge is -2.02. The molecular weight excluding hydrogens is 358 g/mol. The fraction of sp³-hybridized carbons (Fsp3) is 0.429. The summed E-state index contributed by atoms with van der Waals surface area (Å²) < 4.78 is 8.09. The van der Waals surface area contributed by atoms with Gasteiger partial charge in [-0.1, -0.05) is 36.2 Å². The van der Waals surface area contributed by atoms with Crippen molar-refractivity contribution in [3.63, 3.8) is 0 Å². The van der Waals surface area contributed by atoms with Gasteiger partial charge in [0.15, 0.2) is 0 Å². The van der Waals surface area contributed by atoms with Gasteiger partial charge in [-0.05, 0) is 41.0 Å². The van der Waals surface area contributed by atoms with E-state index in [0.717, 1.165) is 46.2 Å². The molecule has 2 nitrogen and oxygen atoms in total. The molecule has 18 heavy (non-hydrogen) atoms. The van der Waals surface area contributed by atoms with Gasteiger partial charge in [0.25, 0.3) is 0 Å². The van der Waals surface area contributed by atoms with Crippen LogP contribution < -0.4 is 5.32 Å². The van der Waals surface area contributed by atoms with Crippen molar-refractivity contribution < 1.29 is 4.42 Å². The minimum Gasteiger partial charge on any atom is -0.458 e. The van der Waals surface area contributed by atoms with Crippen molar-refractivity contribution in [3.05, 3.63) is 32.4 Å². The van der Waals surface area contributed by atoms with Crippen molar-refractivity contribution in [3.8, 4) is 0 Å². The highest BCUT2D eigenvalue weighted by molar-refractivity contribution is 9.11. The maximum atomic E-state index is 6.01. The van der Waals surface area contributed by atoms with Gasteiger partial charge >= 0.3 is 0 Å². The van der Waals surface area contributed by atoms with E-state index in [9.17, 15) is 0 Å². The third-order valence-electron chi connectivity index (χ3n) is 2.93. The van der Waals surface area contributed by atoms with Gasteiger partial charge in [-0.25, -0.2) is 0 Å². The van der Waals surface area contributed by atoms with Crippen LogP contribution in [0.15, 0.2) is 25.5 Å². The second-order valence-electron chi connectivity index (χ2n) is 4.30. The molecular formula is C14H17Br2NO. The standard InChI is InChI=1S/C14H17Br2NO/c1-3-5-10-11-6-9(15)7-12(16)14(11)18-13(10)8-17-4-2/h6-7,17H,3-5,8H2,1-2H3. The Hall–Kier alpha value is -0.320. The fourth-order valence-electron chi connectivity index (χ4n) is 2.13. The maximum absolute atomic E-state index is 6.01. The molecule has 0 bridgehead atoms. The number of hydrogen-bond donors (Lipinski definition) is 1. The highest BCUT2D eigenvalue weighted by atomic mass is 79.9. The number of fused-ring (bicyclic) bond motifs is 1. The number of nitrogens with one attached hydrogen (secondary N) is 1. The van der Waals surface area contributed by atoms with Gasteiger partial charge in [-0.3, -0.25) is 0 Å². The molecule has 1 aromatic heterocycles. The largest absolute Gasteiger partial charge is 0.458 e. The first-order valence-corrected chi connectivity index (χ1v) is 7.86. The summed E-state index contributed by atoms with van der Waals surface area (Å²) in [6.45, 7) is 6.05. The number of furan rings is 1. The summed E-state index contributed by atoms with van der Waals surface area (Å²) in [6, 6.07) is 4.17. The maximum Gasteiger partial charge on any atom is 0.148 e. The Balaban J connectivity index is 2.55. The first kappa shape index (κ1) is 14.1. The molecule has 1 heterocycles. The van der Waals surface area contributed by atoms with Crippen molar-refractivity contribution in [1.82, 2.24) is 5.32 Å². The normalized spacial score (nSPS) is 11.3. The molecule has 1 aromatic carbocycles. The van der Waals surface area contributed by atoms with E-state index in [2.05, 4.69) is 57.1 Å². The van der Waals surface area contributed by atoms with Gasteiger partial charge in [0, 0.05) is 15.4 Å². The average Bonchev–Trinajstić information content (AvgIpc) is 2.66. The first-order valence-electron chi connectivity index (χ1n) is 6.27. The summed E-state index contributed by atoms with van der Waals surface area (Å²) in [6.07, 6.45) is 2.18. The van der Waals surface area contributed by atoms with E-state index in [1.54, 1.807) is 0 Å². The quantitative estimate of drug-likeness (QED) is 0.794. The monoisotopic (exact) mass is 373 g/mol. The van der Waals surface area contributed by atoms with Gasteiger partial charge < -0.3 is 9.73 Å². The first-order chi connectivity index (χ1) is 8.67. The van der Waals surface area contributed by atoms with Crippen LogP contribution in [-0.2, 0) is 13.0 Å². The number of halogens is 2. The summed E-state index contributed by atoms with van der Waals surface area (Å²) in [4.78, 5) is 0. The topological polar surface area (TPSA) is 25.2 Å². The Kier molecular flexibility index (Phi) is 4.87. The van der Waals surface area contributed by atoms with Gasteiger partial charge in [0.05, 0.1) is 11.0 Å². The molecule has 4 heteroatoms. The van der Waals surface area contributed by atoms with E-state index >= 15 is 0 Å². The van der Waals surface area contributed by atoms with Crippen LogP contribution in [-0.4, -0.2) is 6.54 Å². The van der Waals surface area contributed by atoms with E-state index in [1.165, 1.54) is 10.9 Å². The number of benzene rings is 1. The summed E-state index contributed by atoms with van der Waals surface area (Å²) >= 11 is 7.11. The molecule has 0 atom stereocenters. The van der Waals surface area contributed by atoms with Gasteiger partial charge in [0.1, 0.15) is 11.3 Å². The summed E-state index contributed by atoms with van der Waals surface area (Å²) in [5, 5.41) is 4.55. The molecule has 0 saturated heterocycles. The van der Waals surface area contributed by atoms with Crippen molar-refractivity contribution in [2.75, 3.05) is 6.54 Å². The second-order valence-corrected chi connectivity index (χ2v) is 6.07.